The SMILES string of the molecule is C=CC[CH+]O[C@H](CC=C)CCc1ccccc1. The summed E-state index contributed by atoms with van der Waals surface area (Å²) in [5.41, 5.74) is 1.36. The van der Waals surface area contributed by atoms with E-state index in [0.29, 0.717) is 0 Å². The van der Waals surface area contributed by atoms with E-state index in [1.807, 2.05) is 24.8 Å². The molecule has 0 aliphatic heterocycles. The number of rotatable bonds is 9. The molecule has 1 nitrogen and oxygen atoms in total. The molecule has 0 aromatic heterocycles. The lowest BCUT2D eigenvalue weighted by Gasteiger charge is -2.09. The molecule has 1 atom stereocenters. The minimum Gasteiger partial charge on any atom is -0.193 e. The average Bonchev–Trinajstić information content (AvgIpc) is 2.37. The first kappa shape index (κ1) is 13.6. The highest BCUT2D eigenvalue weighted by molar-refractivity contribution is 5.14. The summed E-state index contributed by atoms with van der Waals surface area (Å²) < 4.78 is 5.68. The van der Waals surface area contributed by atoms with Crippen LogP contribution in [-0.4, -0.2) is 6.10 Å². The number of ether oxygens (including phenoxy) is 1. The maximum Gasteiger partial charge on any atom is 0.231 e. The zero-order chi connectivity index (χ0) is 12.3. The highest BCUT2D eigenvalue weighted by atomic mass is 16.5. The summed E-state index contributed by atoms with van der Waals surface area (Å²) in [6.07, 6.45) is 7.72. The molecule has 0 saturated heterocycles. The van der Waals surface area contributed by atoms with Gasteiger partial charge in [0, 0.05) is 0 Å². The van der Waals surface area contributed by atoms with Crippen molar-refractivity contribution >= 4 is 0 Å². The fourth-order valence-corrected chi connectivity index (χ4v) is 1.66. The molecule has 0 unspecified atom stereocenters. The van der Waals surface area contributed by atoms with Gasteiger partial charge < -0.3 is 0 Å². The van der Waals surface area contributed by atoms with Crippen LogP contribution >= 0.6 is 0 Å². The smallest absolute Gasteiger partial charge is 0.193 e. The predicted octanol–water partition coefficient (Wildman–Crippen LogP) is 4.32. The fourth-order valence-electron chi connectivity index (χ4n) is 1.66. The van der Waals surface area contributed by atoms with E-state index in [1.54, 1.807) is 0 Å². The van der Waals surface area contributed by atoms with E-state index in [-0.39, 0.29) is 6.10 Å². The van der Waals surface area contributed by atoms with Crippen LogP contribution in [0.15, 0.2) is 55.6 Å². The van der Waals surface area contributed by atoms with Crippen LogP contribution in [-0.2, 0) is 11.2 Å². The van der Waals surface area contributed by atoms with E-state index in [9.17, 15) is 0 Å². The van der Waals surface area contributed by atoms with Crippen LogP contribution in [0.3, 0.4) is 0 Å². The summed E-state index contributed by atoms with van der Waals surface area (Å²) in [6.45, 7) is 9.26. The van der Waals surface area contributed by atoms with Crippen LogP contribution < -0.4 is 0 Å². The molecule has 17 heavy (non-hydrogen) atoms. The second-order valence-electron chi connectivity index (χ2n) is 4.00. The Hall–Kier alpha value is -1.47. The Labute approximate surface area is 105 Å². The van der Waals surface area contributed by atoms with E-state index >= 15 is 0 Å². The van der Waals surface area contributed by atoms with Gasteiger partial charge in [-0.25, -0.2) is 0 Å². The third-order valence-corrected chi connectivity index (χ3v) is 2.58. The Morgan fingerprint density at radius 3 is 2.59 bits per heavy atom. The second-order valence-corrected chi connectivity index (χ2v) is 4.00. The number of hydrogen-bond acceptors (Lipinski definition) is 1. The van der Waals surface area contributed by atoms with Crippen molar-refractivity contribution in [1.29, 1.82) is 0 Å². The Morgan fingerprint density at radius 2 is 1.94 bits per heavy atom. The van der Waals surface area contributed by atoms with Crippen LogP contribution in [0.1, 0.15) is 24.8 Å². The van der Waals surface area contributed by atoms with Crippen LogP contribution in [0, 0.1) is 6.61 Å². The molecule has 90 valence electrons. The first-order chi connectivity index (χ1) is 8.36. The van der Waals surface area contributed by atoms with Gasteiger partial charge in [0.15, 0.2) is 0 Å². The maximum absolute atomic E-state index is 5.68. The molecule has 0 spiro atoms. The van der Waals surface area contributed by atoms with Crippen LogP contribution in [0.2, 0.25) is 0 Å². The van der Waals surface area contributed by atoms with Gasteiger partial charge in [0.05, 0.1) is 0 Å². The van der Waals surface area contributed by atoms with Gasteiger partial charge in [0.25, 0.3) is 0 Å². The molecule has 1 heteroatoms. The van der Waals surface area contributed by atoms with Crippen molar-refractivity contribution in [2.45, 2.75) is 31.8 Å². The topological polar surface area (TPSA) is 9.23 Å². The third-order valence-electron chi connectivity index (χ3n) is 2.58. The predicted molar refractivity (Wildman–Crippen MR) is 73.6 cm³/mol. The molecule has 0 amide bonds. The number of hydrogen-bond donors (Lipinski definition) is 0. The van der Waals surface area contributed by atoms with E-state index in [4.69, 9.17) is 4.74 Å². The molecular weight excluding hydrogens is 208 g/mol. The number of aryl methyl sites for hydroxylation is 1. The zero-order valence-electron chi connectivity index (χ0n) is 10.3. The van der Waals surface area contributed by atoms with E-state index in [1.165, 1.54) is 5.56 Å². The molecule has 0 N–H and O–H groups in total. The monoisotopic (exact) mass is 229 g/mol. The van der Waals surface area contributed by atoms with E-state index in [0.717, 1.165) is 25.7 Å². The van der Waals surface area contributed by atoms with Crippen molar-refractivity contribution in [1.82, 2.24) is 0 Å². The van der Waals surface area contributed by atoms with Crippen molar-refractivity contribution in [2.75, 3.05) is 0 Å². The maximum atomic E-state index is 5.68. The van der Waals surface area contributed by atoms with Crippen molar-refractivity contribution in [3.63, 3.8) is 0 Å². The Bertz CT molecular complexity index is 316. The Morgan fingerprint density at radius 1 is 1.18 bits per heavy atom. The van der Waals surface area contributed by atoms with Gasteiger partial charge in [-0.15, -0.1) is 6.58 Å². The van der Waals surface area contributed by atoms with Crippen LogP contribution in [0.5, 0.6) is 0 Å². The van der Waals surface area contributed by atoms with Gasteiger partial charge in [0.2, 0.25) is 6.61 Å². The molecule has 1 aromatic rings. The molecule has 0 aliphatic carbocycles. The van der Waals surface area contributed by atoms with Gasteiger partial charge in [-0.1, -0.05) is 43.0 Å². The minimum absolute atomic E-state index is 0.229. The van der Waals surface area contributed by atoms with Crippen molar-refractivity contribution in [2.24, 2.45) is 0 Å². The van der Waals surface area contributed by atoms with Crippen molar-refractivity contribution < 1.29 is 4.74 Å². The minimum atomic E-state index is 0.229. The standard InChI is InChI=1S/C16H21O/c1-3-5-14-17-16(9-4-2)13-12-15-10-7-6-8-11-15/h3-4,6-8,10-11,14,16H,1-2,5,9,12-13H2/q+1/t16-/m1/s1. The molecule has 0 saturated carbocycles. The van der Waals surface area contributed by atoms with Crippen LogP contribution in [0.4, 0.5) is 0 Å². The normalized spacial score (nSPS) is 11.8. The van der Waals surface area contributed by atoms with Crippen molar-refractivity contribution in [3.05, 3.63) is 67.8 Å². The quantitative estimate of drug-likeness (QED) is 0.348. The van der Waals surface area contributed by atoms with E-state index in [2.05, 4.69) is 37.4 Å². The zero-order valence-corrected chi connectivity index (χ0v) is 10.3. The fraction of sp³-hybridized carbons (Fsp3) is 0.312. The summed E-state index contributed by atoms with van der Waals surface area (Å²) >= 11 is 0. The molecule has 0 radical (unpaired) electrons. The van der Waals surface area contributed by atoms with Gasteiger partial charge >= 0.3 is 0 Å². The molecule has 0 heterocycles. The molecule has 0 fully saturated rings. The average molecular weight is 229 g/mol. The van der Waals surface area contributed by atoms with Gasteiger partial charge in [-0.2, -0.15) is 4.74 Å². The van der Waals surface area contributed by atoms with Gasteiger partial charge in [-0.3, -0.25) is 0 Å². The summed E-state index contributed by atoms with van der Waals surface area (Å²) in [6, 6.07) is 10.5. The second kappa shape index (κ2) is 8.66. The Balaban J connectivity index is 2.33. The summed E-state index contributed by atoms with van der Waals surface area (Å²) in [4.78, 5) is 0. The Kier molecular flexibility index (Phi) is 6.92. The van der Waals surface area contributed by atoms with Crippen LogP contribution in [0.25, 0.3) is 0 Å². The van der Waals surface area contributed by atoms with Gasteiger partial charge in [0.1, 0.15) is 12.5 Å². The van der Waals surface area contributed by atoms with E-state index < -0.39 is 0 Å². The summed E-state index contributed by atoms with van der Waals surface area (Å²) in [5.74, 6) is 0. The van der Waals surface area contributed by atoms with Crippen molar-refractivity contribution in [3.8, 4) is 0 Å². The number of benzene rings is 1. The first-order valence-electron chi connectivity index (χ1n) is 6.09. The lowest BCUT2D eigenvalue weighted by atomic mass is 10.0. The highest BCUT2D eigenvalue weighted by Gasteiger charge is 2.12. The first-order valence-corrected chi connectivity index (χ1v) is 6.09. The van der Waals surface area contributed by atoms with Gasteiger partial charge in [-0.05, 0) is 30.9 Å². The molecule has 1 rings (SSSR count). The highest BCUT2D eigenvalue weighted by Crippen LogP contribution is 2.12. The third kappa shape index (κ3) is 5.98. The summed E-state index contributed by atoms with van der Waals surface area (Å²) in [5, 5.41) is 0. The molecule has 0 bridgehead atoms. The molecular formula is C16H21O+. The lowest BCUT2D eigenvalue weighted by Crippen LogP contribution is -2.11. The molecule has 1 aromatic carbocycles. The lowest BCUT2D eigenvalue weighted by molar-refractivity contribution is 0.0993. The largest absolute Gasteiger partial charge is 0.231 e. The molecule has 0 aliphatic rings. The summed E-state index contributed by atoms with van der Waals surface area (Å²) in [7, 11) is 0.